The molecule has 0 aromatic heterocycles. The van der Waals surface area contributed by atoms with Crippen LogP contribution in [0.5, 0.6) is 0 Å². The van der Waals surface area contributed by atoms with E-state index in [1.165, 1.54) is 6.42 Å². The molecular weight excluding hydrogens is 178 g/mol. The molecule has 4 heteroatoms. The lowest BCUT2D eigenvalue weighted by atomic mass is 9.95. The van der Waals surface area contributed by atoms with Crippen LogP contribution in [0.3, 0.4) is 0 Å². The van der Waals surface area contributed by atoms with Gasteiger partial charge in [0.1, 0.15) is 0 Å². The van der Waals surface area contributed by atoms with Crippen LogP contribution in [-0.2, 0) is 4.79 Å². The van der Waals surface area contributed by atoms with Gasteiger partial charge in [0.15, 0.2) is 0 Å². The standard InChI is InChI=1S/C10H21N3O/c1-7(2)8-3-4-13(5-8)6-9(11)10(12)14/h7-9H,3-6,11H2,1-2H3,(H2,12,14). The molecule has 82 valence electrons. The average Bonchev–Trinajstić information content (AvgIpc) is 2.52. The maximum absolute atomic E-state index is 10.8. The molecule has 0 aliphatic carbocycles. The number of hydrogen-bond acceptors (Lipinski definition) is 3. The van der Waals surface area contributed by atoms with Crippen molar-refractivity contribution in [3.8, 4) is 0 Å². The lowest BCUT2D eigenvalue weighted by molar-refractivity contribution is -0.119. The second-order valence-electron chi connectivity index (χ2n) is 4.56. The van der Waals surface area contributed by atoms with E-state index < -0.39 is 11.9 Å². The van der Waals surface area contributed by atoms with Crippen LogP contribution in [0, 0.1) is 11.8 Å². The highest BCUT2D eigenvalue weighted by atomic mass is 16.1. The molecule has 0 radical (unpaired) electrons. The summed E-state index contributed by atoms with van der Waals surface area (Å²) in [5.74, 6) is 1.05. The first-order valence-electron chi connectivity index (χ1n) is 5.28. The van der Waals surface area contributed by atoms with Gasteiger partial charge in [-0.05, 0) is 24.8 Å². The van der Waals surface area contributed by atoms with Gasteiger partial charge in [0.05, 0.1) is 6.04 Å². The summed E-state index contributed by atoms with van der Waals surface area (Å²) in [5.41, 5.74) is 10.7. The van der Waals surface area contributed by atoms with Gasteiger partial charge in [-0.3, -0.25) is 4.79 Å². The zero-order valence-corrected chi connectivity index (χ0v) is 9.07. The van der Waals surface area contributed by atoms with Crippen LogP contribution in [0.4, 0.5) is 0 Å². The van der Waals surface area contributed by atoms with Crippen LogP contribution in [0.2, 0.25) is 0 Å². The van der Waals surface area contributed by atoms with Gasteiger partial charge in [-0.2, -0.15) is 0 Å². The Bertz CT molecular complexity index is 206. The minimum absolute atomic E-state index is 0.405. The van der Waals surface area contributed by atoms with E-state index in [1.807, 2.05) is 0 Å². The minimum atomic E-state index is -0.513. The molecule has 1 aliphatic heterocycles. The van der Waals surface area contributed by atoms with E-state index in [-0.39, 0.29) is 0 Å². The molecule has 2 unspecified atom stereocenters. The van der Waals surface area contributed by atoms with Crippen molar-refractivity contribution in [2.45, 2.75) is 26.3 Å². The van der Waals surface area contributed by atoms with E-state index in [0.717, 1.165) is 19.0 Å². The maximum Gasteiger partial charge on any atom is 0.235 e. The normalized spacial score (nSPS) is 25.6. The molecule has 0 aromatic rings. The number of rotatable bonds is 4. The van der Waals surface area contributed by atoms with E-state index in [4.69, 9.17) is 11.5 Å². The van der Waals surface area contributed by atoms with Gasteiger partial charge in [0, 0.05) is 13.1 Å². The number of carbonyl (C=O) groups excluding carboxylic acids is 1. The third kappa shape index (κ3) is 2.96. The van der Waals surface area contributed by atoms with Gasteiger partial charge in [-0.15, -0.1) is 0 Å². The monoisotopic (exact) mass is 199 g/mol. The van der Waals surface area contributed by atoms with Crippen LogP contribution in [0.25, 0.3) is 0 Å². The topological polar surface area (TPSA) is 72.3 Å². The van der Waals surface area contributed by atoms with Crippen LogP contribution in [0.1, 0.15) is 20.3 Å². The molecule has 2 atom stereocenters. The molecule has 14 heavy (non-hydrogen) atoms. The Kier molecular flexibility index (Phi) is 3.89. The summed E-state index contributed by atoms with van der Waals surface area (Å²) in [7, 11) is 0. The smallest absolute Gasteiger partial charge is 0.235 e. The van der Waals surface area contributed by atoms with Gasteiger partial charge in [0.2, 0.25) is 5.91 Å². The Morgan fingerprint density at radius 3 is 2.64 bits per heavy atom. The van der Waals surface area contributed by atoms with E-state index in [1.54, 1.807) is 0 Å². The van der Waals surface area contributed by atoms with Gasteiger partial charge in [-0.25, -0.2) is 0 Å². The largest absolute Gasteiger partial charge is 0.368 e. The van der Waals surface area contributed by atoms with Crippen molar-refractivity contribution in [2.24, 2.45) is 23.3 Å². The third-order valence-corrected chi connectivity index (χ3v) is 3.07. The minimum Gasteiger partial charge on any atom is -0.368 e. The van der Waals surface area contributed by atoms with Gasteiger partial charge in [0.25, 0.3) is 0 Å². The van der Waals surface area contributed by atoms with Gasteiger partial charge in [-0.1, -0.05) is 13.8 Å². The molecule has 0 aromatic carbocycles. The Morgan fingerprint density at radius 1 is 1.57 bits per heavy atom. The predicted molar refractivity (Wildman–Crippen MR) is 56.6 cm³/mol. The van der Waals surface area contributed by atoms with Crippen molar-refractivity contribution in [1.29, 1.82) is 0 Å². The number of primary amides is 1. The van der Waals surface area contributed by atoms with Crippen molar-refractivity contribution < 1.29 is 4.79 Å². The first-order chi connectivity index (χ1) is 6.50. The van der Waals surface area contributed by atoms with E-state index in [2.05, 4.69) is 18.7 Å². The molecule has 0 bridgehead atoms. The van der Waals surface area contributed by atoms with Crippen molar-refractivity contribution in [3.63, 3.8) is 0 Å². The number of hydrogen-bond donors (Lipinski definition) is 2. The molecule has 1 aliphatic rings. The SMILES string of the molecule is CC(C)C1CCN(CC(N)C(N)=O)C1. The molecule has 1 fully saturated rings. The van der Waals surface area contributed by atoms with Crippen molar-refractivity contribution in [2.75, 3.05) is 19.6 Å². The number of nitrogens with two attached hydrogens (primary N) is 2. The highest BCUT2D eigenvalue weighted by molar-refractivity contribution is 5.79. The van der Waals surface area contributed by atoms with Crippen LogP contribution in [-0.4, -0.2) is 36.5 Å². The molecule has 4 N–H and O–H groups in total. The first kappa shape index (κ1) is 11.5. The number of likely N-dealkylation sites (tertiary alicyclic amines) is 1. The second kappa shape index (κ2) is 4.75. The Hall–Kier alpha value is -0.610. The molecule has 4 nitrogen and oxygen atoms in total. The van der Waals surface area contributed by atoms with Crippen molar-refractivity contribution >= 4 is 5.91 Å². The van der Waals surface area contributed by atoms with Gasteiger partial charge >= 0.3 is 0 Å². The zero-order chi connectivity index (χ0) is 10.7. The van der Waals surface area contributed by atoms with E-state index >= 15 is 0 Å². The quantitative estimate of drug-likeness (QED) is 0.657. The number of carbonyl (C=O) groups is 1. The molecule has 0 spiro atoms. The van der Waals surface area contributed by atoms with Crippen molar-refractivity contribution in [3.05, 3.63) is 0 Å². The van der Waals surface area contributed by atoms with Crippen LogP contribution < -0.4 is 11.5 Å². The Balaban J connectivity index is 2.32. The molecule has 1 heterocycles. The summed E-state index contributed by atoms with van der Waals surface area (Å²) >= 11 is 0. The molecule has 0 saturated carbocycles. The molecular formula is C10H21N3O. The van der Waals surface area contributed by atoms with Gasteiger partial charge < -0.3 is 16.4 Å². The number of nitrogens with zero attached hydrogens (tertiary/aromatic N) is 1. The fourth-order valence-corrected chi connectivity index (χ4v) is 1.94. The average molecular weight is 199 g/mol. The van der Waals surface area contributed by atoms with Crippen molar-refractivity contribution in [1.82, 2.24) is 4.90 Å². The molecule has 1 amide bonds. The summed E-state index contributed by atoms with van der Waals surface area (Å²) in [6.07, 6.45) is 1.21. The molecule has 1 rings (SSSR count). The van der Waals surface area contributed by atoms with E-state index in [0.29, 0.717) is 12.5 Å². The lowest BCUT2D eigenvalue weighted by Gasteiger charge is -2.19. The Labute approximate surface area is 85.6 Å². The third-order valence-electron chi connectivity index (χ3n) is 3.07. The first-order valence-corrected chi connectivity index (χ1v) is 5.28. The highest BCUT2D eigenvalue weighted by Gasteiger charge is 2.26. The van der Waals surface area contributed by atoms with Crippen LogP contribution in [0.15, 0.2) is 0 Å². The molecule has 1 saturated heterocycles. The van der Waals surface area contributed by atoms with E-state index in [9.17, 15) is 4.79 Å². The highest BCUT2D eigenvalue weighted by Crippen LogP contribution is 2.23. The summed E-state index contributed by atoms with van der Waals surface area (Å²) in [6, 6.07) is -0.513. The summed E-state index contributed by atoms with van der Waals surface area (Å²) in [5, 5.41) is 0. The lowest BCUT2D eigenvalue weighted by Crippen LogP contribution is -2.45. The zero-order valence-electron chi connectivity index (χ0n) is 9.07. The summed E-state index contributed by atoms with van der Waals surface area (Å²) in [6.45, 7) is 7.19. The summed E-state index contributed by atoms with van der Waals surface area (Å²) < 4.78 is 0. The second-order valence-corrected chi connectivity index (χ2v) is 4.56. The number of amides is 1. The summed E-state index contributed by atoms with van der Waals surface area (Å²) in [4.78, 5) is 13.0. The fourth-order valence-electron chi connectivity index (χ4n) is 1.94. The maximum atomic E-state index is 10.8. The fraction of sp³-hybridized carbons (Fsp3) is 0.900. The predicted octanol–water partition coefficient (Wildman–Crippen LogP) is -0.223. The Morgan fingerprint density at radius 2 is 2.21 bits per heavy atom. The van der Waals surface area contributed by atoms with Crippen LogP contribution >= 0.6 is 0 Å².